The third-order valence-electron chi connectivity index (χ3n) is 3.87. The van der Waals surface area contributed by atoms with Gasteiger partial charge in [-0.05, 0) is 69.5 Å². The molecule has 0 saturated carbocycles. The molecule has 2 aromatic rings. The molecule has 0 aliphatic rings. The zero-order chi connectivity index (χ0) is 15.6. The summed E-state index contributed by atoms with van der Waals surface area (Å²) in [5, 5.41) is 3.68. The Morgan fingerprint density at radius 2 is 1.76 bits per heavy atom. The number of nitrogens with zero attached hydrogens (tertiary/aromatic N) is 1. The van der Waals surface area contributed by atoms with Crippen molar-refractivity contribution in [2.24, 2.45) is 0 Å². The Kier molecular flexibility index (Phi) is 5.17. The minimum atomic E-state index is 0.270. The molecule has 0 amide bonds. The van der Waals surface area contributed by atoms with Crippen molar-refractivity contribution in [3.63, 3.8) is 0 Å². The Balaban J connectivity index is 2.20. The van der Waals surface area contributed by atoms with Gasteiger partial charge in [-0.3, -0.25) is 4.98 Å². The molecule has 0 saturated heterocycles. The maximum atomic E-state index is 4.60. The zero-order valence-corrected chi connectivity index (χ0v) is 15.0. The highest BCUT2D eigenvalue weighted by Gasteiger charge is 2.16. The van der Waals surface area contributed by atoms with Crippen LogP contribution in [0.5, 0.6) is 0 Å². The highest BCUT2D eigenvalue weighted by atomic mass is 79.9. The van der Waals surface area contributed by atoms with Crippen LogP contribution in [0.4, 0.5) is 0 Å². The van der Waals surface area contributed by atoms with Crippen molar-refractivity contribution in [2.45, 2.75) is 46.7 Å². The summed E-state index contributed by atoms with van der Waals surface area (Å²) >= 11 is 3.53. The van der Waals surface area contributed by atoms with E-state index in [-0.39, 0.29) is 12.1 Å². The zero-order valence-electron chi connectivity index (χ0n) is 13.4. The molecule has 112 valence electrons. The van der Waals surface area contributed by atoms with Gasteiger partial charge in [-0.15, -0.1) is 0 Å². The molecule has 2 atom stereocenters. The Bertz CT molecular complexity index is 614. The van der Waals surface area contributed by atoms with Gasteiger partial charge in [0.1, 0.15) is 0 Å². The van der Waals surface area contributed by atoms with Gasteiger partial charge in [-0.2, -0.15) is 0 Å². The lowest BCUT2D eigenvalue weighted by molar-refractivity contribution is 0.490. The smallest absolute Gasteiger partial charge is 0.0426 e. The summed E-state index contributed by atoms with van der Waals surface area (Å²) in [6, 6.07) is 11.2. The number of nitrogens with one attached hydrogen (secondary N) is 1. The minimum Gasteiger partial charge on any atom is -0.304 e. The molecule has 1 aromatic heterocycles. The fourth-order valence-electron chi connectivity index (χ4n) is 3.02. The van der Waals surface area contributed by atoms with Gasteiger partial charge in [0.15, 0.2) is 0 Å². The van der Waals surface area contributed by atoms with Crippen LogP contribution in [-0.4, -0.2) is 4.98 Å². The van der Waals surface area contributed by atoms with E-state index >= 15 is 0 Å². The van der Waals surface area contributed by atoms with Gasteiger partial charge >= 0.3 is 0 Å². The highest BCUT2D eigenvalue weighted by Crippen LogP contribution is 2.25. The van der Waals surface area contributed by atoms with Crippen molar-refractivity contribution in [2.75, 3.05) is 0 Å². The third kappa shape index (κ3) is 3.92. The van der Waals surface area contributed by atoms with E-state index in [9.17, 15) is 0 Å². The molecule has 2 unspecified atom stereocenters. The maximum absolute atomic E-state index is 4.60. The number of benzene rings is 1. The standard InChI is InChI=1S/C18H23BrN2/c1-11-9-12(2)20-14(4)18(11)15(5)21-13(3)16-7-6-8-17(19)10-16/h6-10,13,15,21H,1-5H3. The summed E-state index contributed by atoms with van der Waals surface area (Å²) in [4.78, 5) is 4.60. The van der Waals surface area contributed by atoms with Gasteiger partial charge < -0.3 is 5.32 Å². The first-order chi connectivity index (χ1) is 9.88. The van der Waals surface area contributed by atoms with Crippen molar-refractivity contribution < 1.29 is 0 Å². The molecule has 1 aromatic carbocycles. The molecule has 2 rings (SSSR count). The second-order valence-electron chi connectivity index (χ2n) is 5.74. The largest absolute Gasteiger partial charge is 0.304 e. The van der Waals surface area contributed by atoms with E-state index in [4.69, 9.17) is 0 Å². The van der Waals surface area contributed by atoms with Crippen LogP contribution < -0.4 is 5.32 Å². The quantitative estimate of drug-likeness (QED) is 0.824. The van der Waals surface area contributed by atoms with Gasteiger partial charge in [-0.25, -0.2) is 0 Å². The van der Waals surface area contributed by atoms with Crippen molar-refractivity contribution in [3.8, 4) is 0 Å². The van der Waals surface area contributed by atoms with E-state index in [0.29, 0.717) is 0 Å². The molecule has 0 bridgehead atoms. The molecule has 2 nitrogen and oxygen atoms in total. The minimum absolute atomic E-state index is 0.270. The first kappa shape index (κ1) is 16.2. The summed E-state index contributed by atoms with van der Waals surface area (Å²) in [7, 11) is 0. The molecule has 1 heterocycles. The average Bonchev–Trinajstić information content (AvgIpc) is 2.37. The summed E-state index contributed by atoms with van der Waals surface area (Å²) < 4.78 is 1.12. The van der Waals surface area contributed by atoms with E-state index in [1.54, 1.807) is 0 Å². The lowest BCUT2D eigenvalue weighted by Gasteiger charge is -2.23. The molecule has 21 heavy (non-hydrogen) atoms. The normalized spacial score (nSPS) is 14.0. The predicted octanol–water partition coefficient (Wildman–Crippen LogP) is 5.18. The van der Waals surface area contributed by atoms with Crippen LogP contribution in [0.15, 0.2) is 34.8 Å². The number of hydrogen-bond donors (Lipinski definition) is 1. The third-order valence-corrected chi connectivity index (χ3v) is 4.36. The van der Waals surface area contributed by atoms with Gasteiger partial charge in [-0.1, -0.05) is 28.1 Å². The molecule has 0 radical (unpaired) electrons. The second-order valence-corrected chi connectivity index (χ2v) is 6.66. The van der Waals surface area contributed by atoms with Gasteiger partial charge in [0.25, 0.3) is 0 Å². The second kappa shape index (κ2) is 6.71. The van der Waals surface area contributed by atoms with E-state index in [1.165, 1.54) is 16.7 Å². The fraction of sp³-hybridized carbons (Fsp3) is 0.389. The summed E-state index contributed by atoms with van der Waals surface area (Å²) in [5.74, 6) is 0. The molecular weight excluding hydrogens is 324 g/mol. The molecule has 0 spiro atoms. The van der Waals surface area contributed by atoms with Crippen molar-refractivity contribution in [1.82, 2.24) is 10.3 Å². The van der Waals surface area contributed by atoms with Gasteiger partial charge in [0.2, 0.25) is 0 Å². The van der Waals surface area contributed by atoms with Crippen LogP contribution in [0, 0.1) is 20.8 Å². The number of pyridine rings is 1. The molecule has 0 fully saturated rings. The average molecular weight is 347 g/mol. The Morgan fingerprint density at radius 1 is 1.05 bits per heavy atom. The number of hydrogen-bond acceptors (Lipinski definition) is 2. The molecular formula is C18H23BrN2. The number of aryl methyl sites for hydroxylation is 3. The summed E-state index contributed by atoms with van der Waals surface area (Å²) in [6.45, 7) is 10.7. The topological polar surface area (TPSA) is 24.9 Å². The van der Waals surface area contributed by atoms with E-state index in [2.05, 4.69) is 84.3 Å². The Labute approximate surface area is 136 Å². The van der Waals surface area contributed by atoms with E-state index in [1.807, 2.05) is 6.92 Å². The molecule has 3 heteroatoms. The van der Waals surface area contributed by atoms with Crippen LogP contribution >= 0.6 is 15.9 Å². The lowest BCUT2D eigenvalue weighted by Crippen LogP contribution is -2.24. The van der Waals surface area contributed by atoms with Crippen molar-refractivity contribution in [3.05, 3.63) is 62.9 Å². The molecule has 0 aliphatic carbocycles. The van der Waals surface area contributed by atoms with Crippen molar-refractivity contribution in [1.29, 1.82) is 0 Å². The van der Waals surface area contributed by atoms with Crippen LogP contribution in [-0.2, 0) is 0 Å². The highest BCUT2D eigenvalue weighted by molar-refractivity contribution is 9.10. The van der Waals surface area contributed by atoms with Crippen LogP contribution in [0.25, 0.3) is 0 Å². The first-order valence-electron chi connectivity index (χ1n) is 7.34. The van der Waals surface area contributed by atoms with Gasteiger partial charge in [0.05, 0.1) is 0 Å². The fourth-order valence-corrected chi connectivity index (χ4v) is 3.44. The number of halogens is 1. The van der Waals surface area contributed by atoms with Crippen LogP contribution in [0.2, 0.25) is 0 Å². The summed E-state index contributed by atoms with van der Waals surface area (Å²) in [5.41, 5.74) is 6.10. The molecule has 1 N–H and O–H groups in total. The molecule has 0 aliphatic heterocycles. The first-order valence-corrected chi connectivity index (χ1v) is 8.14. The van der Waals surface area contributed by atoms with Crippen LogP contribution in [0.1, 0.15) is 54.0 Å². The van der Waals surface area contributed by atoms with E-state index < -0.39 is 0 Å². The monoisotopic (exact) mass is 346 g/mol. The number of aromatic nitrogens is 1. The van der Waals surface area contributed by atoms with Crippen molar-refractivity contribution >= 4 is 15.9 Å². The predicted molar refractivity (Wildman–Crippen MR) is 92.6 cm³/mol. The maximum Gasteiger partial charge on any atom is 0.0426 e. The SMILES string of the molecule is Cc1cc(C)c(C(C)NC(C)c2cccc(Br)c2)c(C)n1. The lowest BCUT2D eigenvalue weighted by atomic mass is 9.98. The van der Waals surface area contributed by atoms with Gasteiger partial charge in [0, 0.05) is 27.9 Å². The van der Waals surface area contributed by atoms with Crippen LogP contribution in [0.3, 0.4) is 0 Å². The summed E-state index contributed by atoms with van der Waals surface area (Å²) in [6.07, 6.45) is 0. The van der Waals surface area contributed by atoms with E-state index in [0.717, 1.165) is 15.9 Å². The Hall–Kier alpha value is -1.19. The Morgan fingerprint density at radius 3 is 2.38 bits per heavy atom. The number of rotatable bonds is 4.